The molecule has 0 aliphatic carbocycles. The van der Waals surface area contributed by atoms with Gasteiger partial charge in [-0.15, -0.1) is 0 Å². The molecule has 7 heteroatoms. The molecule has 0 radical (unpaired) electrons. The topological polar surface area (TPSA) is 84.9 Å². The zero-order valence-corrected chi connectivity index (χ0v) is 26.3. The SMILES string of the molecule is O=C(N[C@@H](Cc1ccc(-c2ccccc2Oc2ccccc2)cc1)C(=O)O)c1cc(Br)ccc1OCCCCc1ccccc1. The van der Waals surface area contributed by atoms with E-state index in [1.165, 1.54) is 5.56 Å². The van der Waals surface area contributed by atoms with Crippen LogP contribution in [0.1, 0.15) is 34.3 Å². The van der Waals surface area contributed by atoms with Crippen molar-refractivity contribution in [1.29, 1.82) is 0 Å². The van der Waals surface area contributed by atoms with Crippen molar-refractivity contribution < 1.29 is 24.2 Å². The lowest BCUT2D eigenvalue weighted by Crippen LogP contribution is -2.42. The van der Waals surface area contributed by atoms with Gasteiger partial charge in [-0.2, -0.15) is 0 Å². The lowest BCUT2D eigenvalue weighted by molar-refractivity contribution is -0.139. The van der Waals surface area contributed by atoms with Crippen LogP contribution in [0.4, 0.5) is 0 Å². The van der Waals surface area contributed by atoms with Crippen LogP contribution in [-0.4, -0.2) is 29.6 Å². The Kier molecular flexibility index (Phi) is 11.0. The number of carboxylic acid groups (broad SMARTS) is 1. The standard InChI is InChI=1S/C38H34BrNO5/c39-30-22-23-35(44-24-10-9-13-27-11-3-1-4-12-27)33(26-30)37(41)40-34(38(42)43)25-28-18-20-29(21-19-28)32-16-7-8-17-36(32)45-31-14-5-2-6-15-31/h1-8,11-12,14-23,26,34H,9-10,13,24-25H2,(H,40,41)(H,42,43)/t34-/m0/s1. The van der Waals surface area contributed by atoms with Crippen LogP contribution in [0.3, 0.4) is 0 Å². The molecule has 0 fully saturated rings. The van der Waals surface area contributed by atoms with Crippen molar-refractivity contribution in [3.63, 3.8) is 0 Å². The number of carbonyl (C=O) groups excluding carboxylic acids is 1. The molecule has 45 heavy (non-hydrogen) atoms. The highest BCUT2D eigenvalue weighted by Gasteiger charge is 2.23. The summed E-state index contributed by atoms with van der Waals surface area (Å²) in [4.78, 5) is 25.6. The Hall–Kier alpha value is -4.88. The van der Waals surface area contributed by atoms with Crippen LogP contribution in [0.15, 0.2) is 132 Å². The number of unbranched alkanes of at least 4 members (excludes halogenated alkanes) is 1. The van der Waals surface area contributed by atoms with Gasteiger partial charge in [0.1, 0.15) is 23.3 Å². The zero-order valence-electron chi connectivity index (χ0n) is 24.7. The zero-order chi connectivity index (χ0) is 31.4. The van der Waals surface area contributed by atoms with E-state index in [1.807, 2.05) is 97.1 Å². The van der Waals surface area contributed by atoms with Gasteiger partial charge in [-0.05, 0) is 72.4 Å². The average Bonchev–Trinajstić information content (AvgIpc) is 3.06. The maximum atomic E-state index is 13.3. The predicted molar refractivity (Wildman–Crippen MR) is 180 cm³/mol. The third kappa shape index (κ3) is 9.06. The van der Waals surface area contributed by atoms with E-state index in [0.717, 1.165) is 47.5 Å². The molecule has 0 saturated carbocycles. The molecule has 0 aromatic heterocycles. The molecule has 0 aliphatic rings. The molecule has 1 atom stereocenters. The second-order valence-electron chi connectivity index (χ2n) is 10.6. The van der Waals surface area contributed by atoms with Gasteiger partial charge in [0.2, 0.25) is 0 Å². The summed E-state index contributed by atoms with van der Waals surface area (Å²) in [7, 11) is 0. The van der Waals surface area contributed by atoms with Gasteiger partial charge in [-0.1, -0.05) is 107 Å². The van der Waals surface area contributed by atoms with Gasteiger partial charge >= 0.3 is 5.97 Å². The molecular weight excluding hydrogens is 630 g/mol. The number of hydrogen-bond donors (Lipinski definition) is 2. The number of carbonyl (C=O) groups is 2. The number of aryl methyl sites for hydroxylation is 1. The lowest BCUT2D eigenvalue weighted by Gasteiger charge is -2.17. The molecule has 1 amide bonds. The summed E-state index contributed by atoms with van der Waals surface area (Å²) in [5.41, 5.74) is 4.18. The fourth-order valence-electron chi connectivity index (χ4n) is 4.97. The summed E-state index contributed by atoms with van der Waals surface area (Å²) in [5, 5.41) is 12.7. The monoisotopic (exact) mass is 663 g/mol. The molecule has 5 aromatic rings. The Morgan fingerprint density at radius 3 is 2.16 bits per heavy atom. The second-order valence-corrected chi connectivity index (χ2v) is 11.5. The number of ether oxygens (including phenoxy) is 2. The number of nitrogens with one attached hydrogen (secondary N) is 1. The largest absolute Gasteiger partial charge is 0.493 e. The number of hydrogen-bond acceptors (Lipinski definition) is 4. The van der Waals surface area contributed by atoms with E-state index in [4.69, 9.17) is 9.47 Å². The van der Waals surface area contributed by atoms with Crippen LogP contribution in [-0.2, 0) is 17.6 Å². The Morgan fingerprint density at radius 2 is 1.42 bits per heavy atom. The lowest BCUT2D eigenvalue weighted by atomic mass is 9.99. The quantitative estimate of drug-likeness (QED) is 0.116. The highest BCUT2D eigenvalue weighted by molar-refractivity contribution is 9.10. The summed E-state index contributed by atoms with van der Waals surface area (Å²) in [6.45, 7) is 0.447. The van der Waals surface area contributed by atoms with Gasteiger partial charge in [0.25, 0.3) is 5.91 Å². The van der Waals surface area contributed by atoms with Gasteiger partial charge in [-0.25, -0.2) is 4.79 Å². The minimum absolute atomic E-state index is 0.118. The molecule has 0 unspecified atom stereocenters. The predicted octanol–water partition coefficient (Wildman–Crippen LogP) is 8.74. The molecule has 6 nitrogen and oxygen atoms in total. The second kappa shape index (κ2) is 15.7. The first kappa shape index (κ1) is 31.5. The smallest absolute Gasteiger partial charge is 0.326 e. The van der Waals surface area contributed by atoms with E-state index in [0.29, 0.717) is 16.8 Å². The first-order chi connectivity index (χ1) is 22.0. The van der Waals surface area contributed by atoms with E-state index in [9.17, 15) is 14.7 Å². The molecule has 0 bridgehead atoms. The number of benzene rings is 5. The van der Waals surface area contributed by atoms with Crippen LogP contribution in [0.5, 0.6) is 17.2 Å². The number of carboxylic acids is 1. The minimum atomic E-state index is -1.13. The van der Waals surface area contributed by atoms with Crippen molar-refractivity contribution in [2.45, 2.75) is 31.7 Å². The molecule has 2 N–H and O–H groups in total. The van der Waals surface area contributed by atoms with Crippen LogP contribution in [0, 0.1) is 0 Å². The van der Waals surface area contributed by atoms with Crippen LogP contribution in [0.25, 0.3) is 11.1 Å². The highest BCUT2D eigenvalue weighted by Crippen LogP contribution is 2.33. The van der Waals surface area contributed by atoms with E-state index in [-0.39, 0.29) is 12.0 Å². The van der Waals surface area contributed by atoms with E-state index >= 15 is 0 Å². The Morgan fingerprint density at radius 1 is 0.733 bits per heavy atom. The van der Waals surface area contributed by atoms with Crippen LogP contribution in [0.2, 0.25) is 0 Å². The first-order valence-corrected chi connectivity index (χ1v) is 15.7. The van der Waals surface area contributed by atoms with E-state index in [2.05, 4.69) is 33.4 Å². The molecule has 0 aliphatic heterocycles. The fraction of sp³-hybridized carbons (Fsp3) is 0.158. The molecule has 0 saturated heterocycles. The number of rotatable bonds is 14. The Labute approximate surface area is 271 Å². The van der Waals surface area contributed by atoms with Gasteiger partial charge in [0.05, 0.1) is 12.2 Å². The van der Waals surface area contributed by atoms with Crippen molar-refractivity contribution in [3.05, 3.63) is 149 Å². The van der Waals surface area contributed by atoms with Gasteiger partial charge in [0, 0.05) is 16.5 Å². The molecule has 228 valence electrons. The van der Waals surface area contributed by atoms with E-state index < -0.39 is 17.9 Å². The summed E-state index contributed by atoms with van der Waals surface area (Å²) in [6, 6.07) is 39.3. The van der Waals surface area contributed by atoms with Crippen molar-refractivity contribution >= 4 is 27.8 Å². The summed E-state index contributed by atoms with van der Waals surface area (Å²) in [6.07, 6.45) is 2.84. The number of amides is 1. The summed E-state index contributed by atoms with van der Waals surface area (Å²) in [5.74, 6) is 0.248. The normalized spacial score (nSPS) is 11.4. The number of para-hydroxylation sites is 2. The number of aliphatic carboxylic acids is 1. The maximum Gasteiger partial charge on any atom is 0.326 e. The molecule has 0 spiro atoms. The third-order valence-corrected chi connectivity index (χ3v) is 7.81. The van der Waals surface area contributed by atoms with E-state index in [1.54, 1.807) is 18.2 Å². The van der Waals surface area contributed by atoms with Gasteiger partial charge in [0.15, 0.2) is 0 Å². The average molecular weight is 665 g/mol. The highest BCUT2D eigenvalue weighted by atomic mass is 79.9. The summed E-state index contributed by atoms with van der Waals surface area (Å²) >= 11 is 3.42. The molecule has 5 aromatic carbocycles. The third-order valence-electron chi connectivity index (χ3n) is 7.31. The van der Waals surface area contributed by atoms with Gasteiger partial charge < -0.3 is 19.9 Å². The molecule has 5 rings (SSSR count). The molecule has 0 heterocycles. The fourth-order valence-corrected chi connectivity index (χ4v) is 5.33. The van der Waals surface area contributed by atoms with Crippen LogP contribution < -0.4 is 14.8 Å². The maximum absolute atomic E-state index is 13.3. The Balaban J connectivity index is 1.21. The van der Waals surface area contributed by atoms with Gasteiger partial charge in [-0.3, -0.25) is 4.79 Å². The Bertz CT molecular complexity index is 1710. The van der Waals surface area contributed by atoms with Crippen molar-refractivity contribution in [2.24, 2.45) is 0 Å². The number of halogens is 1. The van der Waals surface area contributed by atoms with Crippen molar-refractivity contribution in [1.82, 2.24) is 5.32 Å². The summed E-state index contributed by atoms with van der Waals surface area (Å²) < 4.78 is 12.8. The first-order valence-electron chi connectivity index (χ1n) is 14.9. The van der Waals surface area contributed by atoms with Crippen molar-refractivity contribution in [2.75, 3.05) is 6.61 Å². The minimum Gasteiger partial charge on any atom is -0.493 e. The molecular formula is C38H34BrNO5. The van der Waals surface area contributed by atoms with Crippen molar-refractivity contribution in [3.8, 4) is 28.4 Å². The van der Waals surface area contributed by atoms with Crippen LogP contribution >= 0.6 is 15.9 Å².